The molecule has 0 fully saturated rings. The third-order valence-corrected chi connectivity index (χ3v) is 8.86. The predicted octanol–water partition coefficient (Wildman–Crippen LogP) is 10.6. The Morgan fingerprint density at radius 3 is 1.74 bits per heavy atom. The van der Waals surface area contributed by atoms with Gasteiger partial charge in [-0.05, 0) is 59.2 Å². The Kier molecular flexibility index (Phi) is 5.81. The van der Waals surface area contributed by atoms with Gasteiger partial charge in [0.25, 0.3) is 0 Å². The van der Waals surface area contributed by atoms with E-state index in [2.05, 4.69) is 129 Å². The lowest BCUT2D eigenvalue weighted by Gasteiger charge is -2.09. The van der Waals surface area contributed by atoms with Crippen LogP contribution in [0.2, 0.25) is 0 Å². The van der Waals surface area contributed by atoms with Crippen molar-refractivity contribution in [3.63, 3.8) is 0 Å². The van der Waals surface area contributed by atoms with Crippen molar-refractivity contribution in [3.05, 3.63) is 163 Å². The molecule has 0 aliphatic rings. The Labute approximate surface area is 265 Å². The summed E-state index contributed by atoms with van der Waals surface area (Å²) in [4.78, 5) is 13.2. The lowest BCUT2D eigenvalue weighted by molar-refractivity contribution is 0.990. The number of hydrogen-bond donors (Lipinski definition) is 0. The van der Waals surface area contributed by atoms with E-state index in [1.807, 2.05) is 36.7 Å². The van der Waals surface area contributed by atoms with Gasteiger partial charge in [0.05, 0.1) is 28.6 Å². The van der Waals surface area contributed by atoms with Crippen molar-refractivity contribution >= 4 is 49.3 Å². The number of rotatable bonds is 4. The standard InChI is InChI=1S/C41H25N5/c1-42-31-19-15-27(16-20-31)30-25-43-41(44-26-30)46-38-14-8-5-11-33(38)35-21-17-29(24-40(35)46)28-18-22-39-36(23-28)34-12-6-7-13-37(34)45(39)32-9-3-2-4-10-32/h2-26H. The molecule has 0 saturated carbocycles. The molecule has 0 N–H and O–H groups in total. The van der Waals surface area contributed by atoms with Crippen LogP contribution in [0.5, 0.6) is 0 Å². The van der Waals surface area contributed by atoms with Gasteiger partial charge in [0.15, 0.2) is 5.69 Å². The van der Waals surface area contributed by atoms with Gasteiger partial charge in [-0.1, -0.05) is 97.1 Å². The van der Waals surface area contributed by atoms with E-state index in [1.54, 1.807) is 0 Å². The van der Waals surface area contributed by atoms with Gasteiger partial charge in [-0.25, -0.2) is 14.8 Å². The molecule has 0 unspecified atom stereocenters. The van der Waals surface area contributed by atoms with Crippen LogP contribution in [0.15, 0.2) is 152 Å². The van der Waals surface area contributed by atoms with Gasteiger partial charge in [-0.3, -0.25) is 4.57 Å². The van der Waals surface area contributed by atoms with Gasteiger partial charge < -0.3 is 4.57 Å². The molecular weight excluding hydrogens is 562 g/mol. The van der Waals surface area contributed by atoms with Crippen LogP contribution in [0.1, 0.15) is 0 Å². The average molecular weight is 588 g/mol. The third kappa shape index (κ3) is 4.02. The van der Waals surface area contributed by atoms with E-state index in [1.165, 1.54) is 21.8 Å². The zero-order valence-corrected chi connectivity index (χ0v) is 24.7. The van der Waals surface area contributed by atoms with Crippen LogP contribution >= 0.6 is 0 Å². The molecule has 6 aromatic carbocycles. The summed E-state index contributed by atoms with van der Waals surface area (Å²) in [5, 5.41) is 4.77. The van der Waals surface area contributed by atoms with Crippen molar-refractivity contribution in [1.82, 2.24) is 19.1 Å². The zero-order chi connectivity index (χ0) is 30.6. The number of benzene rings is 6. The summed E-state index contributed by atoms with van der Waals surface area (Å²) in [6, 6.07) is 48.6. The number of fused-ring (bicyclic) bond motifs is 6. The molecule has 0 bridgehead atoms. The monoisotopic (exact) mass is 587 g/mol. The zero-order valence-electron chi connectivity index (χ0n) is 24.7. The first-order chi connectivity index (χ1) is 22.8. The molecule has 0 spiro atoms. The Hall–Kier alpha value is -6.51. The molecule has 0 aliphatic carbocycles. The molecule has 0 aliphatic heterocycles. The highest BCUT2D eigenvalue weighted by molar-refractivity contribution is 6.12. The van der Waals surface area contributed by atoms with Gasteiger partial charge in [0.1, 0.15) is 0 Å². The predicted molar refractivity (Wildman–Crippen MR) is 188 cm³/mol. The number of nitrogens with zero attached hydrogens (tertiary/aromatic N) is 5. The fraction of sp³-hybridized carbons (Fsp3) is 0. The third-order valence-electron chi connectivity index (χ3n) is 8.86. The highest BCUT2D eigenvalue weighted by Gasteiger charge is 2.17. The first-order valence-electron chi connectivity index (χ1n) is 15.2. The number of aromatic nitrogens is 4. The summed E-state index contributed by atoms with van der Waals surface area (Å²) < 4.78 is 4.50. The van der Waals surface area contributed by atoms with Crippen LogP contribution < -0.4 is 0 Å². The van der Waals surface area contributed by atoms with Crippen LogP contribution in [0, 0.1) is 6.57 Å². The SMILES string of the molecule is [C-]#[N+]c1ccc(-c2cnc(-n3c4ccccc4c4ccc(-c5ccc6c(c5)c5ccccc5n6-c5ccccc5)cc43)nc2)cc1. The summed E-state index contributed by atoms with van der Waals surface area (Å²) in [7, 11) is 0. The largest absolute Gasteiger partial charge is 0.309 e. The Morgan fingerprint density at radius 2 is 1.00 bits per heavy atom. The maximum atomic E-state index is 7.23. The van der Waals surface area contributed by atoms with Crippen molar-refractivity contribution in [3.8, 4) is 33.9 Å². The Morgan fingerprint density at radius 1 is 0.435 bits per heavy atom. The Balaban J connectivity index is 1.20. The summed E-state index contributed by atoms with van der Waals surface area (Å²) in [6.45, 7) is 7.23. The minimum atomic E-state index is 0.614. The van der Waals surface area contributed by atoms with E-state index in [4.69, 9.17) is 16.5 Å². The van der Waals surface area contributed by atoms with Crippen molar-refractivity contribution in [2.75, 3.05) is 0 Å². The van der Waals surface area contributed by atoms with Crippen molar-refractivity contribution in [1.29, 1.82) is 0 Å². The second kappa shape index (κ2) is 10.3. The molecule has 9 rings (SSSR count). The van der Waals surface area contributed by atoms with Crippen molar-refractivity contribution in [2.45, 2.75) is 0 Å². The maximum Gasteiger partial charge on any atom is 0.234 e. The molecule has 9 aromatic rings. The second-order valence-corrected chi connectivity index (χ2v) is 11.4. The second-order valence-electron chi connectivity index (χ2n) is 11.4. The lowest BCUT2D eigenvalue weighted by atomic mass is 10.0. The number of para-hydroxylation sites is 3. The topological polar surface area (TPSA) is 40.0 Å². The molecule has 0 amide bonds. The average Bonchev–Trinajstić information content (AvgIpc) is 3.64. The molecule has 46 heavy (non-hydrogen) atoms. The van der Waals surface area contributed by atoms with Crippen LogP contribution in [0.4, 0.5) is 5.69 Å². The first-order valence-corrected chi connectivity index (χ1v) is 15.2. The molecule has 0 atom stereocenters. The number of hydrogen-bond acceptors (Lipinski definition) is 2. The van der Waals surface area contributed by atoms with E-state index < -0.39 is 0 Å². The molecule has 0 saturated heterocycles. The van der Waals surface area contributed by atoms with Gasteiger partial charge in [0, 0.05) is 45.2 Å². The van der Waals surface area contributed by atoms with Gasteiger partial charge in [-0.15, -0.1) is 0 Å². The van der Waals surface area contributed by atoms with E-state index >= 15 is 0 Å². The highest BCUT2D eigenvalue weighted by atomic mass is 15.1. The van der Waals surface area contributed by atoms with Crippen LogP contribution in [0.25, 0.3) is 82.3 Å². The molecular formula is C41H25N5. The smallest absolute Gasteiger partial charge is 0.234 e. The quantitative estimate of drug-likeness (QED) is 0.192. The fourth-order valence-corrected chi connectivity index (χ4v) is 6.69. The summed E-state index contributed by atoms with van der Waals surface area (Å²) in [5.74, 6) is 0.617. The van der Waals surface area contributed by atoms with E-state index in [9.17, 15) is 0 Å². The van der Waals surface area contributed by atoms with E-state index in [0.29, 0.717) is 11.6 Å². The van der Waals surface area contributed by atoms with Crippen LogP contribution in [-0.4, -0.2) is 19.1 Å². The van der Waals surface area contributed by atoms with E-state index in [0.717, 1.165) is 49.7 Å². The van der Waals surface area contributed by atoms with Gasteiger partial charge >= 0.3 is 0 Å². The first kappa shape index (κ1) is 25.9. The van der Waals surface area contributed by atoms with Crippen molar-refractivity contribution in [2.24, 2.45) is 0 Å². The molecule has 0 radical (unpaired) electrons. The van der Waals surface area contributed by atoms with E-state index in [-0.39, 0.29) is 0 Å². The highest BCUT2D eigenvalue weighted by Crippen LogP contribution is 2.37. The summed E-state index contributed by atoms with van der Waals surface area (Å²) in [5.41, 5.74) is 10.4. The maximum absolute atomic E-state index is 7.23. The Bertz CT molecular complexity index is 2620. The molecule has 5 heteroatoms. The van der Waals surface area contributed by atoms with Gasteiger partial charge in [-0.2, -0.15) is 0 Å². The molecule has 214 valence electrons. The van der Waals surface area contributed by atoms with Crippen molar-refractivity contribution < 1.29 is 0 Å². The minimum Gasteiger partial charge on any atom is -0.309 e. The molecule has 3 aromatic heterocycles. The normalized spacial score (nSPS) is 11.5. The van der Waals surface area contributed by atoms with Crippen LogP contribution in [0.3, 0.4) is 0 Å². The minimum absolute atomic E-state index is 0.614. The lowest BCUT2D eigenvalue weighted by Crippen LogP contribution is -2.00. The summed E-state index contributed by atoms with van der Waals surface area (Å²) in [6.07, 6.45) is 3.71. The van der Waals surface area contributed by atoms with Crippen LogP contribution in [-0.2, 0) is 0 Å². The summed E-state index contributed by atoms with van der Waals surface area (Å²) >= 11 is 0. The molecule has 5 nitrogen and oxygen atoms in total. The molecule has 3 heterocycles. The van der Waals surface area contributed by atoms with Gasteiger partial charge in [0.2, 0.25) is 5.95 Å². The fourth-order valence-electron chi connectivity index (χ4n) is 6.69.